The molecule has 0 aliphatic carbocycles. The summed E-state index contributed by atoms with van der Waals surface area (Å²) >= 11 is 0. The van der Waals surface area contributed by atoms with Gasteiger partial charge in [-0.15, -0.1) is 0 Å². The summed E-state index contributed by atoms with van der Waals surface area (Å²) < 4.78 is 0. The molecule has 4 heteroatoms. The monoisotopic (exact) mass is 246 g/mol. The second-order valence-electron chi connectivity index (χ2n) is 5.99. The number of hydrogen-bond acceptors (Lipinski definition) is 3. The van der Waals surface area contributed by atoms with Crippen LogP contribution < -0.4 is 10.6 Å². The van der Waals surface area contributed by atoms with Crippen LogP contribution in [0.3, 0.4) is 0 Å². The normalized spacial score (nSPS) is 18.1. The van der Waals surface area contributed by atoms with Crippen molar-refractivity contribution in [2.45, 2.75) is 34.1 Å². The summed E-state index contributed by atoms with van der Waals surface area (Å²) in [5.41, 5.74) is 9.74. The fraction of sp³-hybridized carbons (Fsp3) is 0.571. The molecule has 0 radical (unpaired) electrons. The predicted molar refractivity (Wildman–Crippen MR) is 75.3 cm³/mol. The van der Waals surface area contributed by atoms with E-state index in [-0.39, 0.29) is 5.84 Å². The Labute approximate surface area is 109 Å². The van der Waals surface area contributed by atoms with Crippen molar-refractivity contribution in [3.63, 3.8) is 0 Å². The zero-order valence-electron chi connectivity index (χ0n) is 11.7. The molecule has 2 rings (SSSR count). The molecule has 0 bridgehead atoms. The van der Waals surface area contributed by atoms with Gasteiger partial charge < -0.3 is 10.6 Å². The molecule has 0 spiro atoms. The highest BCUT2D eigenvalue weighted by atomic mass is 15.2. The van der Waals surface area contributed by atoms with Crippen LogP contribution in [0.4, 0.5) is 5.69 Å². The Bertz CT molecular complexity index is 491. The van der Waals surface area contributed by atoms with E-state index in [2.05, 4.69) is 23.7 Å². The number of nitrogen functional groups attached to an aromatic ring is 1. The minimum atomic E-state index is 0.111. The first kappa shape index (κ1) is 12.9. The Balaban J connectivity index is 2.47. The second-order valence-corrected chi connectivity index (χ2v) is 5.99. The first-order valence-electron chi connectivity index (χ1n) is 6.38. The van der Waals surface area contributed by atoms with E-state index in [9.17, 15) is 0 Å². The van der Waals surface area contributed by atoms with Gasteiger partial charge in [-0.2, -0.15) is 0 Å². The van der Waals surface area contributed by atoms with Gasteiger partial charge in [0.05, 0.1) is 16.9 Å². The fourth-order valence-corrected chi connectivity index (χ4v) is 2.71. The molecule has 1 saturated heterocycles. The quantitative estimate of drug-likeness (QED) is 0.621. The third-order valence-corrected chi connectivity index (χ3v) is 3.60. The summed E-state index contributed by atoms with van der Waals surface area (Å²) in [5.74, 6) is 0.111. The predicted octanol–water partition coefficient (Wildman–Crippen LogP) is 2.22. The van der Waals surface area contributed by atoms with Gasteiger partial charge in [0.25, 0.3) is 0 Å². The minimum absolute atomic E-state index is 0.111. The molecular formula is C14H22N4. The number of anilines is 1. The Kier molecular flexibility index (Phi) is 3.05. The Morgan fingerprint density at radius 3 is 2.61 bits per heavy atom. The van der Waals surface area contributed by atoms with E-state index >= 15 is 0 Å². The maximum Gasteiger partial charge on any atom is 0.126 e. The molecule has 0 unspecified atom stereocenters. The fourth-order valence-electron chi connectivity index (χ4n) is 2.71. The Hall–Kier alpha value is -1.58. The SMILES string of the molecule is Cc1cc(N2CCC(C)(C)C2)c(C(=N)N)c(C)n1. The van der Waals surface area contributed by atoms with Crippen LogP contribution in [-0.2, 0) is 0 Å². The van der Waals surface area contributed by atoms with Crippen molar-refractivity contribution in [3.05, 3.63) is 23.0 Å². The molecular weight excluding hydrogens is 224 g/mol. The lowest BCUT2D eigenvalue weighted by Gasteiger charge is -2.25. The van der Waals surface area contributed by atoms with Crippen LogP contribution in [0.25, 0.3) is 0 Å². The molecule has 4 nitrogen and oxygen atoms in total. The summed E-state index contributed by atoms with van der Waals surface area (Å²) in [7, 11) is 0. The summed E-state index contributed by atoms with van der Waals surface area (Å²) in [6.07, 6.45) is 1.17. The number of aromatic nitrogens is 1. The molecule has 1 aromatic heterocycles. The summed E-state index contributed by atoms with van der Waals surface area (Å²) in [6.45, 7) is 10.5. The number of rotatable bonds is 2. The lowest BCUT2D eigenvalue weighted by molar-refractivity contribution is 0.418. The van der Waals surface area contributed by atoms with Crippen molar-refractivity contribution in [1.82, 2.24) is 4.98 Å². The zero-order valence-corrected chi connectivity index (χ0v) is 11.7. The lowest BCUT2D eigenvalue weighted by atomic mass is 9.93. The first-order valence-corrected chi connectivity index (χ1v) is 6.38. The smallest absolute Gasteiger partial charge is 0.126 e. The Morgan fingerprint density at radius 2 is 2.11 bits per heavy atom. The molecule has 98 valence electrons. The molecule has 1 aromatic rings. The van der Waals surface area contributed by atoms with Gasteiger partial charge in [0, 0.05) is 18.8 Å². The highest BCUT2D eigenvalue weighted by molar-refractivity contribution is 6.01. The van der Waals surface area contributed by atoms with Crippen molar-refractivity contribution < 1.29 is 0 Å². The maximum atomic E-state index is 7.76. The van der Waals surface area contributed by atoms with Crippen molar-refractivity contribution >= 4 is 11.5 Å². The molecule has 0 aromatic carbocycles. The average molecular weight is 246 g/mol. The van der Waals surface area contributed by atoms with E-state index in [1.54, 1.807) is 0 Å². The van der Waals surface area contributed by atoms with Gasteiger partial charge in [0.2, 0.25) is 0 Å². The molecule has 18 heavy (non-hydrogen) atoms. The molecule has 1 aliphatic rings. The standard InChI is InChI=1S/C14H22N4/c1-9-7-11(12(13(15)16)10(2)17-9)18-6-5-14(3,4)8-18/h7H,5-6,8H2,1-4H3,(H3,15,16). The van der Waals surface area contributed by atoms with Crippen LogP contribution in [-0.4, -0.2) is 23.9 Å². The topological polar surface area (TPSA) is 66.0 Å². The number of nitrogens with zero attached hydrogens (tertiary/aromatic N) is 2. The van der Waals surface area contributed by atoms with Crippen LogP contribution in [0, 0.1) is 24.7 Å². The minimum Gasteiger partial charge on any atom is -0.384 e. The van der Waals surface area contributed by atoms with Crippen molar-refractivity contribution in [2.24, 2.45) is 11.1 Å². The van der Waals surface area contributed by atoms with E-state index < -0.39 is 0 Å². The van der Waals surface area contributed by atoms with Crippen LogP contribution in [0.1, 0.15) is 37.2 Å². The molecule has 0 saturated carbocycles. The number of aryl methyl sites for hydroxylation is 2. The summed E-state index contributed by atoms with van der Waals surface area (Å²) in [5, 5.41) is 7.76. The number of nitrogens with two attached hydrogens (primary N) is 1. The van der Waals surface area contributed by atoms with Gasteiger partial charge in [0.1, 0.15) is 5.84 Å². The van der Waals surface area contributed by atoms with E-state index in [1.807, 2.05) is 19.9 Å². The van der Waals surface area contributed by atoms with Crippen LogP contribution >= 0.6 is 0 Å². The Morgan fingerprint density at radius 1 is 1.44 bits per heavy atom. The molecule has 1 fully saturated rings. The largest absolute Gasteiger partial charge is 0.384 e. The van der Waals surface area contributed by atoms with Crippen LogP contribution in [0.15, 0.2) is 6.07 Å². The lowest BCUT2D eigenvalue weighted by Crippen LogP contribution is -2.27. The van der Waals surface area contributed by atoms with Gasteiger partial charge >= 0.3 is 0 Å². The number of nitrogens with one attached hydrogen (secondary N) is 1. The van der Waals surface area contributed by atoms with E-state index in [0.29, 0.717) is 5.41 Å². The molecule has 3 N–H and O–H groups in total. The number of hydrogen-bond donors (Lipinski definition) is 2. The molecule has 2 heterocycles. The number of pyridine rings is 1. The molecule has 0 atom stereocenters. The number of amidine groups is 1. The summed E-state index contributed by atoms with van der Waals surface area (Å²) in [6, 6.07) is 2.05. The third kappa shape index (κ3) is 2.33. The van der Waals surface area contributed by atoms with E-state index in [1.165, 1.54) is 6.42 Å². The van der Waals surface area contributed by atoms with E-state index in [0.717, 1.165) is 35.7 Å². The van der Waals surface area contributed by atoms with Crippen molar-refractivity contribution in [3.8, 4) is 0 Å². The van der Waals surface area contributed by atoms with Crippen LogP contribution in [0.5, 0.6) is 0 Å². The first-order chi connectivity index (χ1) is 8.30. The zero-order chi connectivity index (χ0) is 13.5. The molecule has 0 amide bonds. The van der Waals surface area contributed by atoms with E-state index in [4.69, 9.17) is 11.1 Å². The van der Waals surface area contributed by atoms with Gasteiger partial charge in [-0.05, 0) is 31.7 Å². The summed E-state index contributed by atoms with van der Waals surface area (Å²) in [4.78, 5) is 6.75. The maximum absolute atomic E-state index is 7.76. The van der Waals surface area contributed by atoms with Gasteiger partial charge in [-0.25, -0.2) is 0 Å². The highest BCUT2D eigenvalue weighted by Gasteiger charge is 2.31. The van der Waals surface area contributed by atoms with Crippen molar-refractivity contribution in [1.29, 1.82) is 5.41 Å². The molecule has 1 aliphatic heterocycles. The second kappa shape index (κ2) is 4.26. The highest BCUT2D eigenvalue weighted by Crippen LogP contribution is 2.34. The average Bonchev–Trinajstić information content (AvgIpc) is 2.56. The van der Waals surface area contributed by atoms with Crippen LogP contribution in [0.2, 0.25) is 0 Å². The van der Waals surface area contributed by atoms with Gasteiger partial charge in [-0.3, -0.25) is 10.4 Å². The van der Waals surface area contributed by atoms with Crippen molar-refractivity contribution in [2.75, 3.05) is 18.0 Å². The van der Waals surface area contributed by atoms with Gasteiger partial charge in [0.15, 0.2) is 0 Å². The van der Waals surface area contributed by atoms with Gasteiger partial charge in [-0.1, -0.05) is 13.8 Å². The third-order valence-electron chi connectivity index (χ3n) is 3.60.